The number of nitrogens with zero attached hydrogens (tertiary/aromatic N) is 2. The van der Waals surface area contributed by atoms with Crippen molar-refractivity contribution in [3.8, 4) is 5.75 Å². The van der Waals surface area contributed by atoms with E-state index in [1.165, 1.54) is 0 Å². The quantitative estimate of drug-likeness (QED) is 0.565. The largest absolute Gasteiger partial charge is 0.495 e. The van der Waals surface area contributed by atoms with E-state index in [-0.39, 0.29) is 5.97 Å². The van der Waals surface area contributed by atoms with Crippen LogP contribution in [0.3, 0.4) is 0 Å². The minimum Gasteiger partial charge on any atom is -0.495 e. The topological polar surface area (TPSA) is 42.0 Å². The first kappa shape index (κ1) is 18.3. The van der Waals surface area contributed by atoms with Gasteiger partial charge in [-0.2, -0.15) is 0 Å². The highest BCUT2D eigenvalue weighted by Gasteiger charge is 2.19. The minimum atomic E-state index is -0.244. The first-order chi connectivity index (χ1) is 12.8. The molecule has 1 saturated heterocycles. The number of para-hydroxylation sites is 2. The molecule has 0 atom stereocenters. The van der Waals surface area contributed by atoms with E-state index in [9.17, 15) is 4.79 Å². The van der Waals surface area contributed by atoms with Gasteiger partial charge < -0.3 is 14.4 Å². The van der Waals surface area contributed by atoms with Gasteiger partial charge in [-0.3, -0.25) is 4.90 Å². The second-order valence-electron chi connectivity index (χ2n) is 6.36. The summed E-state index contributed by atoms with van der Waals surface area (Å²) in [4.78, 5) is 16.7. The molecule has 0 spiro atoms. The van der Waals surface area contributed by atoms with Crippen molar-refractivity contribution in [1.82, 2.24) is 4.90 Å². The van der Waals surface area contributed by atoms with Crippen LogP contribution in [0.15, 0.2) is 54.6 Å². The molecule has 2 aromatic carbocycles. The molecule has 26 heavy (non-hydrogen) atoms. The average Bonchev–Trinajstić information content (AvgIpc) is 2.72. The molecule has 0 amide bonds. The minimum absolute atomic E-state index is 0.244. The summed E-state index contributed by atoms with van der Waals surface area (Å²) in [5.74, 6) is 0.681. The van der Waals surface area contributed by atoms with Crippen molar-refractivity contribution in [1.29, 1.82) is 0 Å². The summed E-state index contributed by atoms with van der Waals surface area (Å²) < 4.78 is 10.8. The van der Waals surface area contributed by atoms with Crippen LogP contribution in [0, 0.1) is 0 Å². The van der Waals surface area contributed by atoms with E-state index in [4.69, 9.17) is 9.47 Å². The summed E-state index contributed by atoms with van der Waals surface area (Å²) in [5.41, 5.74) is 1.77. The van der Waals surface area contributed by atoms with Crippen molar-refractivity contribution >= 4 is 11.7 Å². The van der Waals surface area contributed by atoms with Crippen molar-refractivity contribution in [2.75, 3.05) is 51.3 Å². The molecule has 1 aliphatic heterocycles. The molecule has 5 nitrogen and oxygen atoms in total. The predicted molar refractivity (Wildman–Crippen MR) is 103 cm³/mol. The number of benzene rings is 2. The lowest BCUT2D eigenvalue weighted by Crippen LogP contribution is -2.46. The van der Waals surface area contributed by atoms with Crippen molar-refractivity contribution in [2.24, 2.45) is 0 Å². The Morgan fingerprint density at radius 2 is 1.65 bits per heavy atom. The van der Waals surface area contributed by atoms with E-state index in [0.717, 1.165) is 50.6 Å². The molecule has 0 radical (unpaired) electrons. The van der Waals surface area contributed by atoms with Gasteiger partial charge in [0.05, 0.1) is 25.0 Å². The highest BCUT2D eigenvalue weighted by molar-refractivity contribution is 5.89. The van der Waals surface area contributed by atoms with E-state index in [1.807, 2.05) is 36.4 Å². The first-order valence-electron chi connectivity index (χ1n) is 9.10. The molecular weight excluding hydrogens is 328 g/mol. The molecule has 1 fully saturated rings. The summed E-state index contributed by atoms with van der Waals surface area (Å²) >= 11 is 0. The second-order valence-corrected chi connectivity index (χ2v) is 6.36. The van der Waals surface area contributed by atoms with Gasteiger partial charge in [0.1, 0.15) is 5.75 Å². The average molecular weight is 354 g/mol. The first-order valence-corrected chi connectivity index (χ1v) is 9.10. The highest BCUT2D eigenvalue weighted by atomic mass is 16.5. The standard InChI is InChI=1S/C21H26N2O3/c1-25-20-11-6-5-10-19(20)23-15-13-22(14-16-23)12-7-17-26-21(24)18-8-3-2-4-9-18/h2-6,8-11H,7,12-17H2,1H3. The van der Waals surface area contributed by atoms with Crippen molar-refractivity contribution in [3.05, 3.63) is 60.2 Å². The Hall–Kier alpha value is -2.53. The number of methoxy groups -OCH3 is 1. The molecule has 1 aliphatic rings. The van der Waals surface area contributed by atoms with Crippen molar-refractivity contribution in [3.63, 3.8) is 0 Å². The van der Waals surface area contributed by atoms with Crippen LogP contribution in [0.5, 0.6) is 5.75 Å². The smallest absolute Gasteiger partial charge is 0.338 e. The summed E-state index contributed by atoms with van der Waals surface area (Å²) in [7, 11) is 1.71. The fourth-order valence-electron chi connectivity index (χ4n) is 3.21. The number of esters is 1. The van der Waals surface area contributed by atoms with Crippen LogP contribution < -0.4 is 9.64 Å². The van der Waals surface area contributed by atoms with Crippen molar-refractivity contribution < 1.29 is 14.3 Å². The van der Waals surface area contributed by atoms with Crippen LogP contribution in [0.1, 0.15) is 16.8 Å². The van der Waals surface area contributed by atoms with Crippen molar-refractivity contribution in [2.45, 2.75) is 6.42 Å². The van der Waals surface area contributed by atoms with Gasteiger partial charge in [-0.25, -0.2) is 4.79 Å². The number of hydrogen-bond acceptors (Lipinski definition) is 5. The van der Waals surface area contributed by atoms with Crippen LogP contribution in [-0.4, -0.2) is 57.3 Å². The van der Waals surface area contributed by atoms with Gasteiger partial charge in [-0.05, 0) is 30.7 Å². The Labute approximate surface area is 155 Å². The number of piperazine rings is 1. The molecule has 0 N–H and O–H groups in total. The molecule has 2 aromatic rings. The van der Waals surface area contributed by atoms with Gasteiger partial charge in [-0.1, -0.05) is 30.3 Å². The number of ether oxygens (including phenoxy) is 2. The molecule has 5 heteroatoms. The SMILES string of the molecule is COc1ccccc1N1CCN(CCCOC(=O)c2ccccc2)CC1. The molecule has 0 aliphatic carbocycles. The van der Waals surface area contributed by atoms with Crippen LogP contribution in [-0.2, 0) is 4.74 Å². The van der Waals surface area contributed by atoms with Gasteiger partial charge in [-0.15, -0.1) is 0 Å². The maximum Gasteiger partial charge on any atom is 0.338 e. The predicted octanol–water partition coefficient (Wildman–Crippen LogP) is 3.06. The van der Waals surface area contributed by atoms with E-state index >= 15 is 0 Å². The van der Waals surface area contributed by atoms with E-state index < -0.39 is 0 Å². The lowest BCUT2D eigenvalue weighted by molar-refractivity contribution is 0.0487. The Morgan fingerprint density at radius 1 is 0.962 bits per heavy atom. The molecule has 0 bridgehead atoms. The Balaban J connectivity index is 1.37. The summed E-state index contributed by atoms with van der Waals surface area (Å²) in [6, 6.07) is 17.3. The third kappa shape index (κ3) is 4.76. The lowest BCUT2D eigenvalue weighted by atomic mass is 10.2. The lowest BCUT2D eigenvalue weighted by Gasteiger charge is -2.36. The number of carbonyl (C=O) groups excluding carboxylic acids is 1. The zero-order chi connectivity index (χ0) is 18.2. The molecule has 138 valence electrons. The molecule has 3 rings (SSSR count). The second kappa shape index (κ2) is 9.25. The number of hydrogen-bond donors (Lipinski definition) is 0. The molecule has 1 heterocycles. The Bertz CT molecular complexity index is 697. The highest BCUT2D eigenvalue weighted by Crippen LogP contribution is 2.28. The normalized spacial score (nSPS) is 14.9. The third-order valence-corrected chi connectivity index (χ3v) is 4.66. The number of anilines is 1. The zero-order valence-corrected chi connectivity index (χ0v) is 15.3. The summed E-state index contributed by atoms with van der Waals surface area (Å²) in [6.07, 6.45) is 0.854. The van der Waals surface area contributed by atoms with Gasteiger partial charge in [0.15, 0.2) is 0 Å². The fourth-order valence-corrected chi connectivity index (χ4v) is 3.21. The van der Waals surface area contributed by atoms with Crippen LogP contribution >= 0.6 is 0 Å². The number of rotatable bonds is 7. The molecule has 0 unspecified atom stereocenters. The Morgan fingerprint density at radius 3 is 2.38 bits per heavy atom. The van der Waals surface area contributed by atoms with Crippen LogP contribution in [0.4, 0.5) is 5.69 Å². The fraction of sp³-hybridized carbons (Fsp3) is 0.381. The molecule has 0 saturated carbocycles. The Kier molecular flexibility index (Phi) is 6.50. The molecule has 0 aromatic heterocycles. The number of carbonyl (C=O) groups is 1. The summed E-state index contributed by atoms with van der Waals surface area (Å²) in [5, 5.41) is 0. The van der Waals surface area contributed by atoms with Gasteiger partial charge in [0.2, 0.25) is 0 Å². The maximum absolute atomic E-state index is 11.9. The van der Waals surface area contributed by atoms with Gasteiger partial charge in [0, 0.05) is 32.7 Å². The maximum atomic E-state index is 11.9. The van der Waals surface area contributed by atoms with Crippen LogP contribution in [0.25, 0.3) is 0 Å². The molecular formula is C21H26N2O3. The van der Waals surface area contributed by atoms with E-state index in [0.29, 0.717) is 12.2 Å². The van der Waals surface area contributed by atoms with E-state index in [2.05, 4.69) is 15.9 Å². The van der Waals surface area contributed by atoms with Gasteiger partial charge >= 0.3 is 5.97 Å². The monoisotopic (exact) mass is 354 g/mol. The third-order valence-electron chi connectivity index (χ3n) is 4.66. The zero-order valence-electron chi connectivity index (χ0n) is 15.3. The van der Waals surface area contributed by atoms with Crippen LogP contribution in [0.2, 0.25) is 0 Å². The van der Waals surface area contributed by atoms with Gasteiger partial charge in [0.25, 0.3) is 0 Å². The summed E-state index contributed by atoms with van der Waals surface area (Å²) in [6.45, 7) is 5.37. The van der Waals surface area contributed by atoms with E-state index in [1.54, 1.807) is 19.2 Å².